The van der Waals surface area contributed by atoms with E-state index in [1.807, 2.05) is 43.3 Å². The second-order valence-electron chi connectivity index (χ2n) is 3.54. The van der Waals surface area contributed by atoms with E-state index in [0.29, 0.717) is 5.69 Å². The highest BCUT2D eigenvalue weighted by Gasteiger charge is 2.11. The van der Waals surface area contributed by atoms with Crippen LogP contribution in [-0.2, 0) is 0 Å². The topological polar surface area (TPSA) is 47.8 Å². The van der Waals surface area contributed by atoms with Crippen molar-refractivity contribution in [1.82, 2.24) is 15.0 Å². The van der Waals surface area contributed by atoms with Gasteiger partial charge in [-0.25, -0.2) is 4.68 Å². The van der Waals surface area contributed by atoms with E-state index in [1.165, 1.54) is 6.20 Å². The molecular weight excluding hydrogens is 214 g/mol. The summed E-state index contributed by atoms with van der Waals surface area (Å²) in [6.45, 7) is 1.98. The van der Waals surface area contributed by atoms with E-state index in [0.717, 1.165) is 12.1 Å². The van der Waals surface area contributed by atoms with Crippen molar-refractivity contribution in [3.8, 4) is 5.69 Å². The molecule has 2 rings (SSSR count). The van der Waals surface area contributed by atoms with Gasteiger partial charge in [0.25, 0.3) is 0 Å². The van der Waals surface area contributed by atoms with E-state index >= 15 is 0 Å². The number of rotatable bonds is 4. The lowest BCUT2D eigenvalue weighted by molar-refractivity contribution is 0.103. The van der Waals surface area contributed by atoms with Crippen molar-refractivity contribution >= 4 is 5.78 Å². The SMILES string of the molecule is CC/C=C/C(=O)c1cnnn1-c1ccccc1. The Morgan fingerprint density at radius 3 is 2.82 bits per heavy atom. The molecular formula is C13H13N3O. The summed E-state index contributed by atoms with van der Waals surface area (Å²) in [5.74, 6) is -0.0827. The number of aromatic nitrogens is 3. The largest absolute Gasteiger partial charge is 0.287 e. The normalized spacial score (nSPS) is 10.9. The number of nitrogens with zero attached hydrogens (tertiary/aromatic N) is 3. The zero-order valence-corrected chi connectivity index (χ0v) is 9.58. The Balaban J connectivity index is 2.35. The van der Waals surface area contributed by atoms with E-state index < -0.39 is 0 Å². The zero-order valence-electron chi connectivity index (χ0n) is 9.58. The maximum atomic E-state index is 11.9. The maximum Gasteiger partial charge on any atom is 0.205 e. The summed E-state index contributed by atoms with van der Waals surface area (Å²) in [6.07, 6.45) is 5.69. The van der Waals surface area contributed by atoms with Gasteiger partial charge in [0.15, 0.2) is 0 Å². The summed E-state index contributed by atoms with van der Waals surface area (Å²) in [6, 6.07) is 9.48. The minimum absolute atomic E-state index is 0.0827. The Labute approximate surface area is 99.6 Å². The molecule has 0 bridgehead atoms. The van der Waals surface area contributed by atoms with Crippen molar-refractivity contribution < 1.29 is 4.79 Å². The molecule has 0 atom stereocenters. The molecule has 0 saturated heterocycles. The molecule has 0 amide bonds. The minimum atomic E-state index is -0.0827. The number of allylic oxidation sites excluding steroid dienone is 2. The highest BCUT2D eigenvalue weighted by molar-refractivity contribution is 6.03. The molecule has 17 heavy (non-hydrogen) atoms. The van der Waals surface area contributed by atoms with Gasteiger partial charge in [-0.1, -0.05) is 36.4 Å². The number of hydrogen-bond donors (Lipinski definition) is 0. The molecule has 0 N–H and O–H groups in total. The van der Waals surface area contributed by atoms with E-state index in [2.05, 4.69) is 10.3 Å². The first-order valence-corrected chi connectivity index (χ1v) is 5.50. The van der Waals surface area contributed by atoms with Crippen molar-refractivity contribution in [3.05, 3.63) is 54.4 Å². The first-order chi connectivity index (χ1) is 8.33. The molecule has 0 aliphatic rings. The third kappa shape index (κ3) is 2.47. The molecule has 0 saturated carbocycles. The number of para-hydroxylation sites is 1. The van der Waals surface area contributed by atoms with Gasteiger partial charge < -0.3 is 0 Å². The van der Waals surface area contributed by atoms with Crippen LogP contribution in [0.2, 0.25) is 0 Å². The molecule has 0 unspecified atom stereocenters. The number of carbonyl (C=O) groups is 1. The highest BCUT2D eigenvalue weighted by atomic mass is 16.1. The Bertz CT molecular complexity index is 529. The van der Waals surface area contributed by atoms with Crippen LogP contribution in [0.5, 0.6) is 0 Å². The maximum absolute atomic E-state index is 11.9. The summed E-state index contributed by atoms with van der Waals surface area (Å²) in [5, 5.41) is 7.71. The fraction of sp³-hybridized carbons (Fsp3) is 0.154. The Kier molecular flexibility index (Phi) is 3.45. The van der Waals surface area contributed by atoms with E-state index in [-0.39, 0.29) is 5.78 Å². The van der Waals surface area contributed by atoms with Gasteiger partial charge in [0.05, 0.1) is 11.9 Å². The smallest absolute Gasteiger partial charge is 0.205 e. The molecule has 0 fully saturated rings. The standard InChI is InChI=1S/C13H13N3O/c1-2-3-9-13(17)12-10-14-15-16(12)11-7-5-4-6-8-11/h3-10H,2H2,1H3/b9-3+. The van der Waals surface area contributed by atoms with Gasteiger partial charge in [0, 0.05) is 0 Å². The van der Waals surface area contributed by atoms with Crippen LogP contribution in [0.15, 0.2) is 48.7 Å². The van der Waals surface area contributed by atoms with Gasteiger partial charge >= 0.3 is 0 Å². The predicted octanol–water partition coefficient (Wildman–Crippen LogP) is 2.42. The average molecular weight is 227 g/mol. The van der Waals surface area contributed by atoms with Crippen LogP contribution in [0.4, 0.5) is 0 Å². The molecule has 0 aliphatic heterocycles. The second-order valence-corrected chi connectivity index (χ2v) is 3.54. The summed E-state index contributed by atoms with van der Waals surface area (Å²) >= 11 is 0. The molecule has 1 aromatic carbocycles. The third-order valence-electron chi connectivity index (χ3n) is 2.31. The molecule has 0 spiro atoms. The molecule has 1 aromatic heterocycles. The predicted molar refractivity (Wildman–Crippen MR) is 65.1 cm³/mol. The van der Waals surface area contributed by atoms with Crippen LogP contribution in [0.25, 0.3) is 5.69 Å². The van der Waals surface area contributed by atoms with Crippen molar-refractivity contribution in [2.24, 2.45) is 0 Å². The number of hydrogen-bond acceptors (Lipinski definition) is 3. The lowest BCUT2D eigenvalue weighted by Gasteiger charge is -2.02. The number of carbonyl (C=O) groups excluding carboxylic acids is 1. The van der Waals surface area contributed by atoms with Gasteiger partial charge in [-0.3, -0.25) is 4.79 Å². The van der Waals surface area contributed by atoms with Crippen LogP contribution < -0.4 is 0 Å². The van der Waals surface area contributed by atoms with Crippen LogP contribution in [-0.4, -0.2) is 20.8 Å². The average Bonchev–Trinajstić information content (AvgIpc) is 2.86. The molecule has 1 heterocycles. The van der Waals surface area contributed by atoms with Gasteiger partial charge in [-0.15, -0.1) is 5.10 Å². The zero-order chi connectivity index (χ0) is 12.1. The van der Waals surface area contributed by atoms with Crippen molar-refractivity contribution in [1.29, 1.82) is 0 Å². The van der Waals surface area contributed by atoms with Crippen molar-refractivity contribution in [2.75, 3.05) is 0 Å². The van der Waals surface area contributed by atoms with Crippen molar-refractivity contribution in [2.45, 2.75) is 13.3 Å². The van der Waals surface area contributed by atoms with Gasteiger partial charge in [0.2, 0.25) is 5.78 Å². The van der Waals surface area contributed by atoms with E-state index in [4.69, 9.17) is 0 Å². The van der Waals surface area contributed by atoms with E-state index in [9.17, 15) is 4.79 Å². The monoisotopic (exact) mass is 227 g/mol. The van der Waals surface area contributed by atoms with Crippen molar-refractivity contribution in [3.63, 3.8) is 0 Å². The summed E-state index contributed by atoms with van der Waals surface area (Å²) < 4.78 is 1.54. The quantitative estimate of drug-likeness (QED) is 0.595. The fourth-order valence-corrected chi connectivity index (χ4v) is 1.47. The minimum Gasteiger partial charge on any atom is -0.287 e. The Morgan fingerprint density at radius 1 is 1.35 bits per heavy atom. The van der Waals surface area contributed by atoms with Gasteiger partial charge in [-0.05, 0) is 24.6 Å². The summed E-state index contributed by atoms with van der Waals surface area (Å²) in [7, 11) is 0. The lowest BCUT2D eigenvalue weighted by atomic mass is 10.2. The van der Waals surface area contributed by atoms with Gasteiger partial charge in [-0.2, -0.15) is 0 Å². The van der Waals surface area contributed by atoms with Crippen LogP contribution in [0.1, 0.15) is 23.8 Å². The van der Waals surface area contributed by atoms with E-state index in [1.54, 1.807) is 10.8 Å². The van der Waals surface area contributed by atoms with Crippen LogP contribution >= 0.6 is 0 Å². The Hall–Kier alpha value is -2.23. The van der Waals surface area contributed by atoms with Crippen LogP contribution in [0.3, 0.4) is 0 Å². The fourth-order valence-electron chi connectivity index (χ4n) is 1.47. The summed E-state index contributed by atoms with van der Waals surface area (Å²) in [5.41, 5.74) is 1.30. The number of ketones is 1. The van der Waals surface area contributed by atoms with Crippen LogP contribution in [0, 0.1) is 0 Å². The molecule has 86 valence electrons. The first kappa shape index (κ1) is 11.3. The number of benzene rings is 1. The molecule has 2 aromatic rings. The molecule has 0 radical (unpaired) electrons. The first-order valence-electron chi connectivity index (χ1n) is 5.50. The Morgan fingerprint density at radius 2 is 2.12 bits per heavy atom. The molecule has 4 nitrogen and oxygen atoms in total. The lowest BCUT2D eigenvalue weighted by Crippen LogP contribution is -2.06. The second kappa shape index (κ2) is 5.21. The molecule has 4 heteroatoms. The highest BCUT2D eigenvalue weighted by Crippen LogP contribution is 2.09. The summed E-state index contributed by atoms with van der Waals surface area (Å²) in [4.78, 5) is 11.9. The third-order valence-corrected chi connectivity index (χ3v) is 2.31. The van der Waals surface area contributed by atoms with Gasteiger partial charge in [0.1, 0.15) is 5.69 Å². The molecule has 0 aliphatic carbocycles.